The number of hydrogen-bond donors (Lipinski definition) is 1. The predicted octanol–water partition coefficient (Wildman–Crippen LogP) is 5.00. The number of carboxylic acid groups (broad SMARTS) is 1. The number of aryl methyl sites for hydroxylation is 1. The molecular weight excluding hydrogens is 502 g/mol. The van der Waals surface area contributed by atoms with E-state index in [1.165, 1.54) is 22.3 Å². The lowest BCUT2D eigenvalue weighted by Crippen LogP contribution is -2.50. The number of hydrogen-bond acceptors (Lipinski definition) is 6. The fourth-order valence-corrected chi connectivity index (χ4v) is 6.88. The Morgan fingerprint density at radius 1 is 1.15 bits per heavy atom. The molecule has 1 aromatic heterocycles. The third-order valence-electron chi connectivity index (χ3n) is 9.75. The van der Waals surface area contributed by atoms with Crippen LogP contribution >= 0.6 is 0 Å². The van der Waals surface area contributed by atoms with Crippen molar-refractivity contribution >= 4 is 11.8 Å². The van der Waals surface area contributed by atoms with Gasteiger partial charge in [0.1, 0.15) is 18.2 Å². The van der Waals surface area contributed by atoms with Gasteiger partial charge in [-0.3, -0.25) is 9.69 Å². The molecule has 2 atom stereocenters. The van der Waals surface area contributed by atoms with Crippen LogP contribution in [0.15, 0.2) is 48.5 Å². The molecule has 0 radical (unpaired) electrons. The third kappa shape index (κ3) is 4.45. The molecule has 1 aliphatic carbocycles. The fraction of sp³-hybridized carbons (Fsp3) is 0.455. The van der Waals surface area contributed by atoms with E-state index in [1.807, 2.05) is 18.2 Å². The molecule has 4 aliphatic rings. The summed E-state index contributed by atoms with van der Waals surface area (Å²) in [5.41, 5.74) is 8.00. The minimum absolute atomic E-state index is 0.220. The standard InChI is InChI=1S/C33H37N3O4/c1-21-6-9-30(40-18-24-8-7-23-16-35(26-19-39-20-26)12-10-27(23)22(24)2)28(14-21)29-4-3-5-31(34-29)36-13-11-33(32(37)38)15-25(33)17-36/h3-9,14,25-26H,10-13,15-20H2,1-2H3,(H,37,38)/t25-,33+/m0/s1. The van der Waals surface area contributed by atoms with Crippen LogP contribution in [0.25, 0.3) is 11.3 Å². The highest BCUT2D eigenvalue weighted by Gasteiger charge is 2.62. The van der Waals surface area contributed by atoms with Crippen LogP contribution in [-0.4, -0.2) is 59.8 Å². The number of aromatic nitrogens is 1. The zero-order chi connectivity index (χ0) is 27.4. The van der Waals surface area contributed by atoms with E-state index in [2.05, 4.69) is 54.0 Å². The van der Waals surface area contributed by atoms with E-state index >= 15 is 0 Å². The molecule has 208 valence electrons. The topological polar surface area (TPSA) is 75.1 Å². The average molecular weight is 540 g/mol. The Kier molecular flexibility index (Phi) is 6.32. The van der Waals surface area contributed by atoms with Crippen LogP contribution in [0.5, 0.6) is 5.75 Å². The molecule has 3 aromatic rings. The number of carboxylic acids is 1. The zero-order valence-electron chi connectivity index (χ0n) is 23.4. The summed E-state index contributed by atoms with van der Waals surface area (Å²) in [5, 5.41) is 9.64. The largest absolute Gasteiger partial charge is 0.488 e. The van der Waals surface area contributed by atoms with E-state index in [-0.39, 0.29) is 5.92 Å². The van der Waals surface area contributed by atoms with E-state index in [0.717, 1.165) is 80.6 Å². The molecule has 7 heteroatoms. The van der Waals surface area contributed by atoms with Crippen molar-refractivity contribution in [3.63, 3.8) is 0 Å². The molecule has 0 unspecified atom stereocenters. The normalized spacial score (nSPS) is 24.1. The van der Waals surface area contributed by atoms with Gasteiger partial charge in [-0.1, -0.05) is 29.8 Å². The third-order valence-corrected chi connectivity index (χ3v) is 9.75. The van der Waals surface area contributed by atoms with Crippen molar-refractivity contribution in [3.05, 3.63) is 76.3 Å². The number of piperidine rings is 1. The molecule has 4 heterocycles. The van der Waals surface area contributed by atoms with Crippen molar-refractivity contribution in [2.75, 3.05) is 37.7 Å². The minimum atomic E-state index is -0.639. The molecular formula is C33H37N3O4. The Balaban J connectivity index is 1.09. The molecule has 7 rings (SSSR count). The van der Waals surface area contributed by atoms with Crippen molar-refractivity contribution in [1.29, 1.82) is 0 Å². The van der Waals surface area contributed by atoms with Crippen molar-refractivity contribution in [1.82, 2.24) is 9.88 Å². The maximum Gasteiger partial charge on any atom is 0.310 e. The summed E-state index contributed by atoms with van der Waals surface area (Å²) in [6.07, 6.45) is 2.54. The second-order valence-electron chi connectivity index (χ2n) is 12.1. The van der Waals surface area contributed by atoms with Crippen molar-refractivity contribution in [2.24, 2.45) is 11.3 Å². The second-order valence-corrected chi connectivity index (χ2v) is 12.1. The van der Waals surface area contributed by atoms with Crippen LogP contribution in [0, 0.1) is 25.2 Å². The maximum atomic E-state index is 11.7. The lowest BCUT2D eigenvalue weighted by atomic mass is 9.91. The highest BCUT2D eigenvalue weighted by Crippen LogP contribution is 2.58. The lowest BCUT2D eigenvalue weighted by molar-refractivity contribution is -0.144. The van der Waals surface area contributed by atoms with Crippen LogP contribution in [0.3, 0.4) is 0 Å². The molecule has 2 saturated heterocycles. The molecule has 1 N–H and O–H groups in total. The number of nitrogens with zero attached hydrogens (tertiary/aromatic N) is 3. The van der Waals surface area contributed by atoms with Crippen molar-refractivity contribution in [3.8, 4) is 17.0 Å². The summed E-state index contributed by atoms with van der Waals surface area (Å²) in [6.45, 7) is 10.1. The van der Waals surface area contributed by atoms with E-state index < -0.39 is 11.4 Å². The molecule has 0 bridgehead atoms. The van der Waals surface area contributed by atoms with E-state index in [0.29, 0.717) is 19.1 Å². The van der Waals surface area contributed by atoms with Crippen LogP contribution in [0.2, 0.25) is 0 Å². The summed E-state index contributed by atoms with van der Waals surface area (Å²) in [7, 11) is 0. The summed E-state index contributed by atoms with van der Waals surface area (Å²) in [4.78, 5) is 21.6. The fourth-order valence-electron chi connectivity index (χ4n) is 6.88. The first-order valence-electron chi connectivity index (χ1n) is 14.5. The summed E-state index contributed by atoms with van der Waals surface area (Å²) in [5.74, 6) is 1.32. The Bertz CT molecular complexity index is 1470. The number of carbonyl (C=O) groups is 1. The number of fused-ring (bicyclic) bond motifs is 2. The number of aliphatic carboxylic acids is 1. The van der Waals surface area contributed by atoms with Crippen molar-refractivity contribution in [2.45, 2.75) is 52.3 Å². The Morgan fingerprint density at radius 3 is 2.80 bits per heavy atom. The predicted molar refractivity (Wildman–Crippen MR) is 154 cm³/mol. The van der Waals surface area contributed by atoms with Crippen LogP contribution in [0.1, 0.15) is 40.7 Å². The molecule has 0 spiro atoms. The molecule has 1 saturated carbocycles. The number of anilines is 1. The summed E-state index contributed by atoms with van der Waals surface area (Å²) < 4.78 is 11.9. The monoisotopic (exact) mass is 539 g/mol. The van der Waals surface area contributed by atoms with Crippen LogP contribution in [-0.2, 0) is 29.1 Å². The number of benzene rings is 2. The van der Waals surface area contributed by atoms with Gasteiger partial charge in [-0.15, -0.1) is 0 Å². The second kappa shape index (κ2) is 9.89. The SMILES string of the molecule is Cc1ccc(OCc2ccc3c(c2C)CCN(C2COC2)C3)c(-c2cccc(N3CC[C@@]4(C(=O)O)C[C@H]4C3)n2)c1. The van der Waals surface area contributed by atoms with Gasteiger partial charge in [0.15, 0.2) is 0 Å². The van der Waals surface area contributed by atoms with Gasteiger partial charge in [-0.05, 0) is 85.5 Å². The quantitative estimate of drug-likeness (QED) is 0.453. The Morgan fingerprint density at radius 2 is 2.02 bits per heavy atom. The molecule has 3 fully saturated rings. The first-order chi connectivity index (χ1) is 19.4. The maximum absolute atomic E-state index is 11.7. The van der Waals surface area contributed by atoms with Gasteiger partial charge in [0.2, 0.25) is 0 Å². The smallest absolute Gasteiger partial charge is 0.310 e. The summed E-state index contributed by atoms with van der Waals surface area (Å²) in [6, 6.07) is 17.5. The summed E-state index contributed by atoms with van der Waals surface area (Å²) >= 11 is 0. The highest BCUT2D eigenvalue weighted by atomic mass is 16.5. The zero-order valence-corrected chi connectivity index (χ0v) is 23.4. The average Bonchev–Trinajstić information content (AvgIpc) is 3.68. The van der Waals surface area contributed by atoms with E-state index in [1.54, 1.807) is 0 Å². The van der Waals surface area contributed by atoms with Gasteiger partial charge >= 0.3 is 5.97 Å². The molecule has 0 amide bonds. The van der Waals surface area contributed by atoms with Gasteiger partial charge in [0.05, 0.1) is 30.4 Å². The van der Waals surface area contributed by atoms with E-state index in [9.17, 15) is 9.90 Å². The highest BCUT2D eigenvalue weighted by molar-refractivity contribution is 5.79. The number of rotatable bonds is 7. The molecule has 40 heavy (non-hydrogen) atoms. The lowest BCUT2D eigenvalue weighted by Gasteiger charge is -2.40. The van der Waals surface area contributed by atoms with Crippen LogP contribution in [0.4, 0.5) is 5.82 Å². The number of ether oxygens (including phenoxy) is 2. The minimum Gasteiger partial charge on any atom is -0.488 e. The first-order valence-corrected chi connectivity index (χ1v) is 14.5. The van der Waals surface area contributed by atoms with Gasteiger partial charge < -0.3 is 19.5 Å². The number of pyridine rings is 1. The van der Waals surface area contributed by atoms with Crippen LogP contribution < -0.4 is 9.64 Å². The van der Waals surface area contributed by atoms with Gasteiger partial charge in [-0.2, -0.15) is 0 Å². The molecule has 7 nitrogen and oxygen atoms in total. The van der Waals surface area contributed by atoms with Gasteiger partial charge in [-0.25, -0.2) is 4.98 Å². The Hall–Kier alpha value is -3.42. The molecule has 2 aromatic carbocycles. The van der Waals surface area contributed by atoms with Crippen molar-refractivity contribution < 1.29 is 19.4 Å². The van der Waals surface area contributed by atoms with Gasteiger partial charge in [0, 0.05) is 31.7 Å². The molecule has 3 aliphatic heterocycles. The van der Waals surface area contributed by atoms with Gasteiger partial charge in [0.25, 0.3) is 0 Å². The first kappa shape index (κ1) is 25.5. The van der Waals surface area contributed by atoms with E-state index in [4.69, 9.17) is 14.5 Å². The Labute approximate surface area is 235 Å².